The minimum Gasteiger partial charge on any atom is -0.379 e. The number of anilines is 4. The van der Waals surface area contributed by atoms with Crippen LogP contribution in [0.3, 0.4) is 0 Å². The Labute approximate surface area is 723 Å². The van der Waals surface area contributed by atoms with Gasteiger partial charge in [0.1, 0.15) is 0 Å². The molecule has 4 saturated heterocycles. The molecule has 0 spiro atoms. The maximum atomic E-state index is 12.7. The fourth-order valence-corrected chi connectivity index (χ4v) is 15.5. The minimum atomic E-state index is -0.242. The van der Waals surface area contributed by atoms with Gasteiger partial charge in [0.25, 0.3) is 23.6 Å². The maximum absolute atomic E-state index is 12.7. The Kier molecular flexibility index (Phi) is 31.6. The summed E-state index contributed by atoms with van der Waals surface area (Å²) in [4.78, 5) is 102. The number of ether oxygens (including phenoxy) is 1. The summed E-state index contributed by atoms with van der Waals surface area (Å²) in [6.07, 6.45) is 10.1. The molecule has 4 aliphatic rings. The molecule has 0 bridgehead atoms. The minimum absolute atomic E-state index is 0.117. The number of carbonyl (C=O) groups is 5. The molecule has 120 heavy (non-hydrogen) atoms. The van der Waals surface area contributed by atoms with Crippen molar-refractivity contribution in [2.75, 3.05) is 132 Å². The second kappa shape index (κ2) is 43.7. The van der Waals surface area contributed by atoms with Crippen molar-refractivity contribution in [3.05, 3.63) is 320 Å². The van der Waals surface area contributed by atoms with Crippen molar-refractivity contribution in [2.24, 2.45) is 0 Å². The van der Waals surface area contributed by atoms with Gasteiger partial charge in [-0.1, -0.05) is 94.9 Å². The number of morpholine rings is 1. The van der Waals surface area contributed by atoms with Crippen molar-refractivity contribution in [3.8, 4) is 45.0 Å². The number of pyridine rings is 6. The van der Waals surface area contributed by atoms with Crippen LogP contribution in [-0.2, 0) is 35.7 Å². The normalized spacial score (nSPS) is 14.6. The van der Waals surface area contributed by atoms with Crippen molar-refractivity contribution in [3.63, 3.8) is 0 Å². The predicted octanol–water partition coefficient (Wildman–Crippen LogP) is 17.2. The Hall–Kier alpha value is -11.2. The van der Waals surface area contributed by atoms with E-state index < -0.39 is 0 Å². The zero-order valence-electron chi connectivity index (χ0n) is 66.6. The summed E-state index contributed by atoms with van der Waals surface area (Å²) < 4.78 is 5.38. The quantitative estimate of drug-likeness (QED) is 0.0554. The average molecular weight is 1700 g/mol. The lowest BCUT2D eigenvalue weighted by molar-refractivity contribution is -0.130. The predicted molar refractivity (Wildman–Crippen MR) is 481 cm³/mol. The molecular formula is C93H92Cl4N16O6S. The summed E-state index contributed by atoms with van der Waals surface area (Å²) in [5, 5.41) is 14.1. The van der Waals surface area contributed by atoms with Crippen molar-refractivity contribution < 1.29 is 28.7 Å². The summed E-state index contributed by atoms with van der Waals surface area (Å²) in [6.45, 7) is 17.9. The standard InChI is InChI=1S/C24H24ClN5O2.C23H24ClN5O.C23H22ClN3O2.C23H22ClN3OS/c1-17(31)30-12-10-29(11-13-30)16-20-6-5-18(15-27-20)24(32)28-19-7-8-22(25)21(14-19)23-4-2-3-9-26-23;1-28-10-12-29(13-11-28)16-19-6-5-17(15-26-19)23(30)27-18-7-8-21(24)20(14-18)22-4-2-3-9-25-22;2*24-21-9-8-19(15-20(21)22-3-1-2-10-25-22)26-23(28)18-6-4-17(5-7-18)16-27-11-13-29-14-12-27/h2-9,14-15H,10-13,16H2,1H3,(H,28,32);2-9,14-15H,10-13,16H2,1H3,(H,27,30);2*1-10,15H,11-14,16H2,(H,26,28). The van der Waals surface area contributed by atoms with Crippen LogP contribution in [0.4, 0.5) is 22.7 Å². The van der Waals surface area contributed by atoms with Gasteiger partial charge in [0.2, 0.25) is 5.91 Å². The monoisotopic (exact) mass is 1700 g/mol. The lowest BCUT2D eigenvalue weighted by Gasteiger charge is -2.33. The number of nitrogens with zero attached hydrogens (tertiary/aromatic N) is 12. The highest BCUT2D eigenvalue weighted by Gasteiger charge is 2.22. The molecule has 4 N–H and O–H groups in total. The molecule has 614 valence electrons. The van der Waals surface area contributed by atoms with Crippen molar-refractivity contribution in [1.29, 1.82) is 0 Å². The molecule has 0 unspecified atom stereocenters. The molecule has 10 heterocycles. The second-order valence-electron chi connectivity index (χ2n) is 29.1. The fraction of sp³-hybridized carbons (Fsp3) is 0.237. The molecule has 0 saturated carbocycles. The number of amides is 5. The van der Waals surface area contributed by atoms with E-state index in [1.165, 1.54) is 22.6 Å². The third kappa shape index (κ3) is 25.5. The molecule has 22 nitrogen and oxygen atoms in total. The Balaban J connectivity index is 0.000000138. The first kappa shape index (κ1) is 86.7. The molecule has 6 aromatic heterocycles. The van der Waals surface area contributed by atoms with Crippen molar-refractivity contribution in [1.82, 2.24) is 59.3 Å². The number of benzene rings is 6. The van der Waals surface area contributed by atoms with Gasteiger partial charge in [-0.3, -0.25) is 73.5 Å². The van der Waals surface area contributed by atoms with Gasteiger partial charge in [-0.05, 0) is 188 Å². The third-order valence-electron chi connectivity index (χ3n) is 20.5. The van der Waals surface area contributed by atoms with Crippen molar-refractivity contribution in [2.45, 2.75) is 33.1 Å². The zero-order valence-corrected chi connectivity index (χ0v) is 70.5. The van der Waals surface area contributed by atoms with E-state index in [9.17, 15) is 24.0 Å². The Morgan fingerprint density at radius 3 is 0.983 bits per heavy atom. The number of piperazine rings is 2. The van der Waals surface area contributed by atoms with Crippen LogP contribution in [0.2, 0.25) is 20.1 Å². The van der Waals surface area contributed by atoms with Gasteiger partial charge in [-0.15, -0.1) is 0 Å². The molecule has 0 atom stereocenters. The Morgan fingerprint density at radius 1 is 0.350 bits per heavy atom. The average Bonchev–Trinajstić information content (AvgIpc) is 0.867. The number of aromatic nitrogens is 6. The molecule has 4 aliphatic heterocycles. The summed E-state index contributed by atoms with van der Waals surface area (Å²) in [5.41, 5.74) is 15.3. The first-order valence-electron chi connectivity index (χ1n) is 39.6. The number of likely N-dealkylation sites (N-methyl/N-ethyl adjacent to an activating group) is 1. The molecule has 6 aromatic carbocycles. The lowest BCUT2D eigenvalue weighted by Crippen LogP contribution is -2.47. The van der Waals surface area contributed by atoms with E-state index in [2.05, 4.69) is 82.7 Å². The third-order valence-corrected chi connectivity index (χ3v) is 22.7. The van der Waals surface area contributed by atoms with E-state index in [-0.39, 0.29) is 29.5 Å². The molecule has 5 amide bonds. The van der Waals surface area contributed by atoms with Gasteiger partial charge in [0.15, 0.2) is 0 Å². The van der Waals surface area contributed by atoms with E-state index >= 15 is 0 Å². The van der Waals surface area contributed by atoms with Crippen LogP contribution in [0.5, 0.6) is 0 Å². The molecule has 12 aromatic rings. The van der Waals surface area contributed by atoms with Crippen LogP contribution in [0.15, 0.2) is 256 Å². The molecule has 16 rings (SSSR count). The fourth-order valence-electron chi connectivity index (χ4n) is 13.6. The number of hydrogen-bond donors (Lipinski definition) is 4. The van der Waals surface area contributed by atoms with E-state index in [1.54, 1.807) is 98.7 Å². The second-order valence-corrected chi connectivity index (χ2v) is 31.9. The summed E-state index contributed by atoms with van der Waals surface area (Å²) >= 11 is 27.3. The first-order valence-corrected chi connectivity index (χ1v) is 42.3. The number of nitrogens with one attached hydrogen (secondary N) is 4. The number of thioether (sulfide) groups is 1. The van der Waals surface area contributed by atoms with Crippen LogP contribution in [0.25, 0.3) is 45.0 Å². The van der Waals surface area contributed by atoms with Gasteiger partial charge in [0.05, 0.1) is 78.6 Å². The van der Waals surface area contributed by atoms with Crippen LogP contribution < -0.4 is 21.3 Å². The van der Waals surface area contributed by atoms with Gasteiger partial charge < -0.3 is 35.8 Å². The highest BCUT2D eigenvalue weighted by molar-refractivity contribution is 7.99. The van der Waals surface area contributed by atoms with Gasteiger partial charge >= 0.3 is 0 Å². The highest BCUT2D eigenvalue weighted by Crippen LogP contribution is 2.34. The van der Waals surface area contributed by atoms with Crippen LogP contribution in [0, 0.1) is 0 Å². The maximum Gasteiger partial charge on any atom is 0.257 e. The first-order chi connectivity index (χ1) is 58.4. The summed E-state index contributed by atoms with van der Waals surface area (Å²) in [7, 11) is 2.14. The van der Waals surface area contributed by atoms with Crippen LogP contribution in [0.1, 0.15) is 70.9 Å². The van der Waals surface area contributed by atoms with Gasteiger partial charge in [-0.25, -0.2) is 0 Å². The summed E-state index contributed by atoms with van der Waals surface area (Å²) in [6, 6.07) is 67.1. The Bertz CT molecular complexity index is 5220. The molecule has 0 aliphatic carbocycles. The lowest BCUT2D eigenvalue weighted by atomic mass is 10.1. The SMILES string of the molecule is CC(=O)N1CCN(Cc2ccc(C(=O)Nc3ccc(Cl)c(-c4ccccn4)c3)cn2)CC1.CN1CCN(Cc2ccc(C(=O)Nc3ccc(Cl)c(-c4ccccn4)c3)cn2)CC1.O=C(Nc1ccc(Cl)c(-c2ccccn2)c1)c1ccc(CN2CCOCC2)cc1.O=C(Nc1ccc(Cl)c(-c2ccccn2)c1)c1ccc(CN2CCSCC2)cc1. The van der Waals surface area contributed by atoms with E-state index in [4.69, 9.17) is 51.1 Å². The molecule has 4 fully saturated rings. The number of halogens is 4. The molecular weight excluding hydrogens is 1610 g/mol. The number of hydrogen-bond acceptors (Lipinski definition) is 18. The van der Waals surface area contributed by atoms with E-state index in [0.717, 1.165) is 168 Å². The molecule has 27 heteroatoms. The van der Waals surface area contributed by atoms with Crippen LogP contribution >= 0.6 is 58.2 Å². The van der Waals surface area contributed by atoms with E-state index in [1.807, 2.05) is 180 Å². The van der Waals surface area contributed by atoms with Crippen LogP contribution in [-0.4, -0.2) is 199 Å². The van der Waals surface area contributed by atoms with Gasteiger partial charge in [0, 0.05) is 216 Å². The molecule has 0 radical (unpaired) electrons. The number of rotatable bonds is 20. The van der Waals surface area contributed by atoms with Gasteiger partial charge in [-0.2, -0.15) is 11.8 Å². The summed E-state index contributed by atoms with van der Waals surface area (Å²) in [5.74, 6) is 1.77. The van der Waals surface area contributed by atoms with E-state index in [0.29, 0.717) is 71.6 Å². The van der Waals surface area contributed by atoms with Crippen molar-refractivity contribution >= 4 is 110 Å². The Morgan fingerprint density at radius 2 is 0.667 bits per heavy atom. The topological polar surface area (TPSA) is 239 Å². The number of carbonyl (C=O) groups excluding carboxylic acids is 5. The zero-order chi connectivity index (χ0) is 83.5. The largest absolute Gasteiger partial charge is 0.379 e. The highest BCUT2D eigenvalue weighted by atomic mass is 35.5. The smallest absolute Gasteiger partial charge is 0.257 e.